The molecule has 0 bridgehead atoms. The molecule has 0 fully saturated rings. The molecular weight excluding hydrogens is 268 g/mol. The van der Waals surface area contributed by atoms with Gasteiger partial charge in [-0.25, -0.2) is 0 Å². The van der Waals surface area contributed by atoms with Gasteiger partial charge in [0.2, 0.25) is 0 Å². The van der Waals surface area contributed by atoms with Crippen LogP contribution >= 0.6 is 15.9 Å². The second kappa shape index (κ2) is 5.70. The monoisotopic (exact) mass is 282 g/mol. The molecule has 0 saturated carbocycles. The number of anilines is 1. The summed E-state index contributed by atoms with van der Waals surface area (Å²) in [7, 11) is 3.86. The van der Waals surface area contributed by atoms with Crippen molar-refractivity contribution in [2.45, 2.75) is 6.92 Å². The largest absolute Gasteiger partial charge is 0.298 e. The standard InChI is InChI=1S/C12H15BrN2O/c1-10(7-8-16)14(2)15(3)12-6-4-5-11(13)9-12/h4-9H,1-3H3/b10-7-. The third-order valence-electron chi connectivity index (χ3n) is 2.45. The van der Waals surface area contributed by atoms with Gasteiger partial charge in [-0.2, -0.15) is 0 Å². The first-order valence-electron chi connectivity index (χ1n) is 4.91. The van der Waals surface area contributed by atoms with Gasteiger partial charge in [0.05, 0.1) is 5.69 Å². The molecule has 0 atom stereocenters. The maximum absolute atomic E-state index is 10.4. The van der Waals surface area contributed by atoms with Crippen LogP contribution in [0.5, 0.6) is 0 Å². The molecule has 86 valence electrons. The summed E-state index contributed by atoms with van der Waals surface area (Å²) in [5.74, 6) is 0. The van der Waals surface area contributed by atoms with Gasteiger partial charge < -0.3 is 0 Å². The number of nitrogens with zero attached hydrogens (tertiary/aromatic N) is 2. The van der Waals surface area contributed by atoms with Gasteiger partial charge in [0.1, 0.15) is 6.29 Å². The van der Waals surface area contributed by atoms with E-state index in [2.05, 4.69) is 15.9 Å². The second-order valence-electron chi connectivity index (χ2n) is 3.47. The number of rotatable bonds is 4. The Labute approximate surface area is 104 Å². The van der Waals surface area contributed by atoms with Crippen molar-refractivity contribution in [1.82, 2.24) is 5.01 Å². The predicted octanol–water partition coefficient (Wildman–Crippen LogP) is 2.83. The normalized spacial score (nSPS) is 11.1. The molecule has 1 aromatic carbocycles. The van der Waals surface area contributed by atoms with E-state index in [1.54, 1.807) is 0 Å². The van der Waals surface area contributed by atoms with E-state index in [1.807, 2.05) is 55.3 Å². The topological polar surface area (TPSA) is 23.6 Å². The van der Waals surface area contributed by atoms with Crippen molar-refractivity contribution in [3.63, 3.8) is 0 Å². The van der Waals surface area contributed by atoms with Gasteiger partial charge in [-0.3, -0.25) is 14.8 Å². The maximum Gasteiger partial charge on any atom is 0.144 e. The molecule has 0 unspecified atom stereocenters. The molecule has 1 rings (SSSR count). The average Bonchev–Trinajstić information content (AvgIpc) is 2.27. The molecule has 4 heteroatoms. The zero-order valence-electron chi connectivity index (χ0n) is 9.64. The Bertz CT molecular complexity index is 404. The summed E-state index contributed by atoms with van der Waals surface area (Å²) in [6, 6.07) is 7.98. The van der Waals surface area contributed by atoms with E-state index in [1.165, 1.54) is 6.08 Å². The van der Waals surface area contributed by atoms with E-state index in [0.29, 0.717) is 0 Å². The zero-order valence-corrected chi connectivity index (χ0v) is 11.2. The van der Waals surface area contributed by atoms with Crippen LogP contribution in [0.25, 0.3) is 0 Å². The Morgan fingerprint density at radius 1 is 1.38 bits per heavy atom. The first kappa shape index (κ1) is 12.8. The summed E-state index contributed by atoms with van der Waals surface area (Å²) >= 11 is 3.43. The van der Waals surface area contributed by atoms with Gasteiger partial charge in [0, 0.05) is 24.3 Å². The molecule has 0 heterocycles. The average molecular weight is 283 g/mol. The van der Waals surface area contributed by atoms with Gasteiger partial charge >= 0.3 is 0 Å². The van der Waals surface area contributed by atoms with Crippen molar-refractivity contribution in [3.05, 3.63) is 40.5 Å². The van der Waals surface area contributed by atoms with Crippen LogP contribution < -0.4 is 5.01 Å². The van der Waals surface area contributed by atoms with Crippen LogP contribution in [-0.2, 0) is 4.79 Å². The molecule has 0 aliphatic rings. The lowest BCUT2D eigenvalue weighted by Crippen LogP contribution is -2.35. The highest BCUT2D eigenvalue weighted by molar-refractivity contribution is 9.10. The summed E-state index contributed by atoms with van der Waals surface area (Å²) in [6.07, 6.45) is 2.33. The number of hydrogen-bond acceptors (Lipinski definition) is 3. The van der Waals surface area contributed by atoms with Crippen molar-refractivity contribution in [3.8, 4) is 0 Å². The van der Waals surface area contributed by atoms with E-state index in [0.717, 1.165) is 22.1 Å². The Hall–Kier alpha value is -1.29. The number of aldehydes is 1. The quantitative estimate of drug-likeness (QED) is 0.482. The van der Waals surface area contributed by atoms with E-state index in [4.69, 9.17) is 0 Å². The number of benzene rings is 1. The summed E-state index contributed by atoms with van der Waals surface area (Å²) in [5, 5.41) is 3.89. The summed E-state index contributed by atoms with van der Waals surface area (Å²) in [5.41, 5.74) is 1.94. The first-order chi connectivity index (χ1) is 7.56. The molecule has 0 amide bonds. The highest BCUT2D eigenvalue weighted by atomic mass is 79.9. The highest BCUT2D eigenvalue weighted by Gasteiger charge is 2.07. The van der Waals surface area contributed by atoms with Gasteiger partial charge in [0.15, 0.2) is 0 Å². The van der Waals surface area contributed by atoms with Gasteiger partial charge in [0.25, 0.3) is 0 Å². The highest BCUT2D eigenvalue weighted by Crippen LogP contribution is 2.20. The second-order valence-corrected chi connectivity index (χ2v) is 4.39. The van der Waals surface area contributed by atoms with Crippen LogP contribution in [0.4, 0.5) is 5.69 Å². The first-order valence-corrected chi connectivity index (χ1v) is 5.70. The minimum absolute atomic E-state index is 0.792. The molecule has 0 aliphatic heterocycles. The van der Waals surface area contributed by atoms with Crippen molar-refractivity contribution in [2.24, 2.45) is 0 Å². The van der Waals surface area contributed by atoms with E-state index in [-0.39, 0.29) is 0 Å². The lowest BCUT2D eigenvalue weighted by atomic mass is 10.3. The van der Waals surface area contributed by atoms with Gasteiger partial charge in [-0.05, 0) is 31.2 Å². The molecule has 16 heavy (non-hydrogen) atoms. The van der Waals surface area contributed by atoms with Crippen molar-refractivity contribution >= 4 is 27.9 Å². The lowest BCUT2D eigenvalue weighted by Gasteiger charge is -2.32. The van der Waals surface area contributed by atoms with Crippen LogP contribution in [-0.4, -0.2) is 25.4 Å². The predicted molar refractivity (Wildman–Crippen MR) is 70.1 cm³/mol. The number of hydrogen-bond donors (Lipinski definition) is 0. The lowest BCUT2D eigenvalue weighted by molar-refractivity contribution is -0.104. The van der Waals surface area contributed by atoms with Crippen molar-refractivity contribution in [2.75, 3.05) is 19.1 Å². The van der Waals surface area contributed by atoms with Crippen LogP contribution in [0.3, 0.4) is 0 Å². The summed E-state index contributed by atoms with van der Waals surface area (Å²) in [6.45, 7) is 1.89. The number of carbonyl (C=O) groups is 1. The minimum atomic E-state index is 0.792. The van der Waals surface area contributed by atoms with Crippen molar-refractivity contribution < 1.29 is 4.79 Å². The van der Waals surface area contributed by atoms with Crippen molar-refractivity contribution in [1.29, 1.82) is 0 Å². The molecule has 0 N–H and O–H groups in total. The van der Waals surface area contributed by atoms with Gasteiger partial charge in [-0.1, -0.05) is 22.0 Å². The fourth-order valence-corrected chi connectivity index (χ4v) is 1.68. The van der Waals surface area contributed by atoms with Crippen LogP contribution in [0.1, 0.15) is 6.92 Å². The third-order valence-corrected chi connectivity index (χ3v) is 2.94. The van der Waals surface area contributed by atoms with Crippen LogP contribution in [0.15, 0.2) is 40.5 Å². The summed E-state index contributed by atoms with van der Waals surface area (Å²) < 4.78 is 1.03. The molecule has 1 aromatic rings. The fourth-order valence-electron chi connectivity index (χ4n) is 1.29. The SMILES string of the molecule is C/C(=C/C=O)N(C)N(C)c1cccc(Br)c1. The Morgan fingerprint density at radius 3 is 2.62 bits per heavy atom. The van der Waals surface area contributed by atoms with E-state index >= 15 is 0 Å². The molecule has 0 saturated heterocycles. The zero-order chi connectivity index (χ0) is 12.1. The molecule has 0 spiro atoms. The van der Waals surface area contributed by atoms with E-state index in [9.17, 15) is 4.79 Å². The molecule has 0 radical (unpaired) electrons. The number of hydrazine groups is 1. The number of allylic oxidation sites excluding steroid dienone is 2. The van der Waals surface area contributed by atoms with Crippen LogP contribution in [0.2, 0.25) is 0 Å². The third kappa shape index (κ3) is 3.10. The fraction of sp³-hybridized carbons (Fsp3) is 0.250. The molecular formula is C12H15BrN2O. The minimum Gasteiger partial charge on any atom is -0.298 e. The summed E-state index contributed by atoms with van der Waals surface area (Å²) in [4.78, 5) is 10.4. The van der Waals surface area contributed by atoms with E-state index < -0.39 is 0 Å². The Morgan fingerprint density at radius 2 is 2.06 bits per heavy atom. The molecule has 3 nitrogen and oxygen atoms in total. The smallest absolute Gasteiger partial charge is 0.144 e. The van der Waals surface area contributed by atoms with Crippen LogP contribution in [0, 0.1) is 0 Å². The Kier molecular flexibility index (Phi) is 4.55. The number of halogens is 1. The molecule has 0 aromatic heterocycles. The maximum atomic E-state index is 10.4. The molecule has 0 aliphatic carbocycles. The Balaban J connectivity index is 2.89. The number of carbonyl (C=O) groups excluding carboxylic acids is 1. The van der Waals surface area contributed by atoms with Gasteiger partial charge in [-0.15, -0.1) is 0 Å².